The van der Waals surface area contributed by atoms with Gasteiger partial charge in [-0.05, 0) is 38.7 Å². The van der Waals surface area contributed by atoms with E-state index in [1.807, 2.05) is 20.0 Å². The minimum absolute atomic E-state index is 0.0278. The van der Waals surface area contributed by atoms with Crippen molar-refractivity contribution in [2.45, 2.75) is 52.0 Å². The van der Waals surface area contributed by atoms with E-state index in [9.17, 15) is 4.79 Å². The fourth-order valence-electron chi connectivity index (χ4n) is 2.98. The summed E-state index contributed by atoms with van der Waals surface area (Å²) in [5.41, 5.74) is 2.37. The molecule has 0 aromatic carbocycles. The Morgan fingerprint density at radius 3 is 2.70 bits per heavy atom. The molecule has 1 fully saturated rings. The van der Waals surface area contributed by atoms with Gasteiger partial charge >= 0.3 is 0 Å². The molecule has 0 spiro atoms. The number of anilines is 1. The summed E-state index contributed by atoms with van der Waals surface area (Å²) in [6.07, 6.45) is 8.03. The summed E-state index contributed by atoms with van der Waals surface area (Å²) in [4.78, 5) is 16.6. The number of aryl methyl sites for hydroxylation is 1. The molecule has 0 radical (unpaired) electrons. The first kappa shape index (κ1) is 14.8. The highest BCUT2D eigenvalue weighted by Gasteiger charge is 2.22. The maximum atomic E-state index is 12.4. The third kappa shape index (κ3) is 3.50. The minimum Gasteiger partial charge on any atom is -0.387 e. The summed E-state index contributed by atoms with van der Waals surface area (Å²) in [7, 11) is 1.83. The smallest absolute Gasteiger partial charge is 0.255 e. The largest absolute Gasteiger partial charge is 0.387 e. The lowest BCUT2D eigenvalue weighted by Crippen LogP contribution is -2.39. The minimum atomic E-state index is -0.0278. The first-order chi connectivity index (χ1) is 9.61. The second kappa shape index (κ2) is 6.73. The molecule has 1 amide bonds. The summed E-state index contributed by atoms with van der Waals surface area (Å²) in [6.45, 7) is 4.04. The number of pyridine rings is 1. The molecule has 1 aliphatic rings. The summed E-state index contributed by atoms with van der Waals surface area (Å²) in [5, 5.41) is 6.21. The summed E-state index contributed by atoms with van der Waals surface area (Å²) >= 11 is 0. The number of nitrogens with one attached hydrogen (secondary N) is 2. The maximum absolute atomic E-state index is 12.4. The molecule has 2 rings (SSSR count). The molecular weight excluding hydrogens is 250 g/mol. The number of hydrogen-bond donors (Lipinski definition) is 2. The molecule has 1 aromatic heterocycles. The highest BCUT2D eigenvalue weighted by atomic mass is 16.1. The Kier molecular flexibility index (Phi) is 4.99. The third-order valence-corrected chi connectivity index (χ3v) is 4.27. The molecule has 1 aliphatic carbocycles. The Balaban J connectivity index is 2.03. The van der Waals surface area contributed by atoms with Gasteiger partial charge in [-0.15, -0.1) is 0 Å². The zero-order chi connectivity index (χ0) is 14.5. The Labute approximate surface area is 121 Å². The van der Waals surface area contributed by atoms with Gasteiger partial charge in [-0.2, -0.15) is 0 Å². The molecule has 1 unspecified atom stereocenters. The highest BCUT2D eigenvalue weighted by molar-refractivity contribution is 5.99. The van der Waals surface area contributed by atoms with Crippen molar-refractivity contribution in [2.75, 3.05) is 12.4 Å². The van der Waals surface area contributed by atoms with Crippen LogP contribution in [-0.2, 0) is 0 Å². The topological polar surface area (TPSA) is 54.0 Å². The van der Waals surface area contributed by atoms with Crippen molar-refractivity contribution in [1.29, 1.82) is 0 Å². The molecule has 2 N–H and O–H groups in total. The first-order valence-electron chi connectivity index (χ1n) is 7.57. The van der Waals surface area contributed by atoms with Crippen LogP contribution in [0, 0.1) is 12.8 Å². The van der Waals surface area contributed by atoms with Gasteiger partial charge in [0.2, 0.25) is 0 Å². The third-order valence-electron chi connectivity index (χ3n) is 4.27. The van der Waals surface area contributed by atoms with E-state index in [0.29, 0.717) is 11.5 Å². The number of hydrogen-bond acceptors (Lipinski definition) is 3. The summed E-state index contributed by atoms with van der Waals surface area (Å²) in [5.74, 6) is 0.587. The van der Waals surface area contributed by atoms with Crippen molar-refractivity contribution in [3.05, 3.63) is 23.5 Å². The van der Waals surface area contributed by atoms with E-state index in [4.69, 9.17) is 0 Å². The van der Waals surface area contributed by atoms with Crippen LogP contribution >= 0.6 is 0 Å². The maximum Gasteiger partial charge on any atom is 0.255 e. The second-order valence-electron chi connectivity index (χ2n) is 5.78. The molecule has 4 nitrogen and oxygen atoms in total. The van der Waals surface area contributed by atoms with Crippen LogP contribution < -0.4 is 10.6 Å². The van der Waals surface area contributed by atoms with Gasteiger partial charge in [0.05, 0.1) is 11.3 Å². The number of carbonyl (C=O) groups is 1. The molecule has 1 heterocycles. The summed E-state index contributed by atoms with van der Waals surface area (Å²) in [6, 6.07) is 2.13. The van der Waals surface area contributed by atoms with E-state index in [1.165, 1.54) is 32.1 Å². The second-order valence-corrected chi connectivity index (χ2v) is 5.78. The fourth-order valence-corrected chi connectivity index (χ4v) is 2.98. The quantitative estimate of drug-likeness (QED) is 0.887. The molecule has 0 bridgehead atoms. The molecule has 1 saturated carbocycles. The summed E-state index contributed by atoms with van der Waals surface area (Å²) < 4.78 is 0. The van der Waals surface area contributed by atoms with Gasteiger partial charge in [-0.25, -0.2) is 0 Å². The average molecular weight is 275 g/mol. The normalized spacial score (nSPS) is 17.6. The fraction of sp³-hybridized carbons (Fsp3) is 0.625. The van der Waals surface area contributed by atoms with Gasteiger partial charge in [0.25, 0.3) is 5.91 Å². The van der Waals surface area contributed by atoms with E-state index in [2.05, 4.69) is 22.5 Å². The lowest BCUT2D eigenvalue weighted by molar-refractivity contribution is 0.0920. The number of aromatic nitrogens is 1. The van der Waals surface area contributed by atoms with Crippen LogP contribution in [0.5, 0.6) is 0 Å². The van der Waals surface area contributed by atoms with Gasteiger partial charge < -0.3 is 10.6 Å². The number of amides is 1. The van der Waals surface area contributed by atoms with Crippen LogP contribution in [0.4, 0.5) is 5.69 Å². The van der Waals surface area contributed by atoms with Crippen LogP contribution in [-0.4, -0.2) is 24.0 Å². The molecule has 0 aliphatic heterocycles. The molecule has 0 saturated heterocycles. The monoisotopic (exact) mass is 275 g/mol. The van der Waals surface area contributed by atoms with E-state index < -0.39 is 0 Å². The Bertz CT molecular complexity index is 467. The van der Waals surface area contributed by atoms with Crippen molar-refractivity contribution in [3.63, 3.8) is 0 Å². The van der Waals surface area contributed by atoms with Crippen LogP contribution in [0.2, 0.25) is 0 Å². The Morgan fingerprint density at radius 2 is 2.05 bits per heavy atom. The number of rotatable bonds is 4. The van der Waals surface area contributed by atoms with Crippen LogP contribution in [0.25, 0.3) is 0 Å². The van der Waals surface area contributed by atoms with Gasteiger partial charge in [0.15, 0.2) is 0 Å². The van der Waals surface area contributed by atoms with Crippen molar-refractivity contribution < 1.29 is 4.79 Å². The van der Waals surface area contributed by atoms with E-state index in [0.717, 1.165) is 11.4 Å². The van der Waals surface area contributed by atoms with Crippen molar-refractivity contribution in [3.8, 4) is 0 Å². The molecular formula is C16H25N3O. The lowest BCUT2D eigenvalue weighted by Gasteiger charge is -2.28. The van der Waals surface area contributed by atoms with Gasteiger partial charge in [0, 0.05) is 25.0 Å². The van der Waals surface area contributed by atoms with E-state index in [1.54, 1.807) is 6.20 Å². The molecule has 4 heteroatoms. The van der Waals surface area contributed by atoms with E-state index in [-0.39, 0.29) is 11.9 Å². The van der Waals surface area contributed by atoms with Crippen molar-refractivity contribution in [2.24, 2.45) is 5.92 Å². The van der Waals surface area contributed by atoms with Crippen LogP contribution in [0.1, 0.15) is 55.1 Å². The molecule has 1 aromatic rings. The zero-order valence-electron chi connectivity index (χ0n) is 12.7. The van der Waals surface area contributed by atoms with Gasteiger partial charge in [-0.1, -0.05) is 19.3 Å². The first-order valence-corrected chi connectivity index (χ1v) is 7.57. The zero-order valence-corrected chi connectivity index (χ0v) is 12.7. The van der Waals surface area contributed by atoms with Crippen molar-refractivity contribution in [1.82, 2.24) is 10.3 Å². The van der Waals surface area contributed by atoms with Gasteiger partial charge in [-0.3, -0.25) is 9.78 Å². The van der Waals surface area contributed by atoms with Crippen LogP contribution in [0.15, 0.2) is 12.3 Å². The predicted molar refractivity (Wildman–Crippen MR) is 82.0 cm³/mol. The van der Waals surface area contributed by atoms with Gasteiger partial charge in [0.1, 0.15) is 0 Å². The predicted octanol–water partition coefficient (Wildman–Crippen LogP) is 3.13. The Morgan fingerprint density at radius 1 is 1.35 bits per heavy atom. The average Bonchev–Trinajstić information content (AvgIpc) is 2.47. The van der Waals surface area contributed by atoms with E-state index >= 15 is 0 Å². The number of nitrogens with zero attached hydrogens (tertiary/aromatic N) is 1. The highest BCUT2D eigenvalue weighted by Crippen LogP contribution is 2.26. The SMILES string of the molecule is CNc1cc(C)ncc1C(=O)NC(C)C1CCCCC1. The Hall–Kier alpha value is -1.58. The number of carbonyl (C=O) groups excluding carboxylic acids is 1. The molecule has 20 heavy (non-hydrogen) atoms. The lowest BCUT2D eigenvalue weighted by atomic mass is 9.84. The molecule has 110 valence electrons. The van der Waals surface area contributed by atoms with Crippen molar-refractivity contribution >= 4 is 11.6 Å². The van der Waals surface area contributed by atoms with Crippen LogP contribution in [0.3, 0.4) is 0 Å². The molecule has 1 atom stereocenters. The standard InChI is InChI=1S/C16H25N3O/c1-11-9-15(17-3)14(10-18-11)16(20)19-12(2)13-7-5-4-6-8-13/h9-10,12-13H,4-8H2,1-3H3,(H,17,18)(H,19,20).